The molecule has 1 saturated heterocycles. The summed E-state index contributed by atoms with van der Waals surface area (Å²) in [7, 11) is 0. The molecule has 3 nitrogen and oxygen atoms in total. The molecule has 2 unspecified atom stereocenters. The van der Waals surface area contributed by atoms with E-state index in [-0.39, 0.29) is 18.9 Å². The van der Waals surface area contributed by atoms with Gasteiger partial charge in [-0.2, -0.15) is 13.2 Å². The van der Waals surface area contributed by atoms with Gasteiger partial charge < -0.3 is 15.2 Å². The van der Waals surface area contributed by atoms with Crippen LogP contribution < -0.4 is 5.32 Å². The maximum atomic E-state index is 12.7. The van der Waals surface area contributed by atoms with Crippen LogP contribution in [0.4, 0.5) is 13.2 Å². The predicted octanol–water partition coefficient (Wildman–Crippen LogP) is 2.24. The Morgan fingerprint density at radius 3 is 2.53 bits per heavy atom. The van der Waals surface area contributed by atoms with Gasteiger partial charge in [-0.25, -0.2) is 0 Å². The van der Waals surface area contributed by atoms with Crippen LogP contribution in [0.15, 0.2) is 0 Å². The zero-order chi connectivity index (χ0) is 13.9. The SMILES string of the molecule is OC1(CNC2CCCC(C(F)(F)F)C2)CCOCC1. The van der Waals surface area contributed by atoms with Crippen molar-refractivity contribution in [3.05, 3.63) is 0 Å². The Morgan fingerprint density at radius 1 is 1.21 bits per heavy atom. The molecule has 0 bridgehead atoms. The number of hydrogen-bond acceptors (Lipinski definition) is 3. The summed E-state index contributed by atoms with van der Waals surface area (Å²) in [6, 6.07) is -0.132. The van der Waals surface area contributed by atoms with Crippen LogP contribution in [-0.4, -0.2) is 42.7 Å². The van der Waals surface area contributed by atoms with Gasteiger partial charge in [-0.15, -0.1) is 0 Å². The molecule has 1 aliphatic heterocycles. The van der Waals surface area contributed by atoms with Crippen molar-refractivity contribution in [2.24, 2.45) is 5.92 Å². The smallest absolute Gasteiger partial charge is 0.388 e. The molecule has 1 heterocycles. The first kappa shape index (κ1) is 15.1. The van der Waals surface area contributed by atoms with Gasteiger partial charge >= 0.3 is 6.18 Å². The first-order valence-electron chi connectivity index (χ1n) is 6.99. The minimum Gasteiger partial charge on any atom is -0.388 e. The fourth-order valence-electron chi connectivity index (χ4n) is 2.93. The molecule has 1 saturated carbocycles. The molecule has 2 atom stereocenters. The van der Waals surface area contributed by atoms with E-state index >= 15 is 0 Å². The van der Waals surface area contributed by atoms with Crippen molar-refractivity contribution >= 4 is 0 Å². The summed E-state index contributed by atoms with van der Waals surface area (Å²) in [6.07, 6.45) is -1.25. The maximum absolute atomic E-state index is 12.7. The van der Waals surface area contributed by atoms with Gasteiger partial charge in [-0.1, -0.05) is 6.42 Å². The minimum absolute atomic E-state index is 0.132. The number of aliphatic hydroxyl groups is 1. The van der Waals surface area contributed by atoms with Crippen molar-refractivity contribution in [1.29, 1.82) is 0 Å². The zero-order valence-electron chi connectivity index (χ0n) is 11.0. The van der Waals surface area contributed by atoms with E-state index in [0.29, 0.717) is 39.0 Å². The lowest BCUT2D eigenvalue weighted by molar-refractivity contribution is -0.184. The molecule has 0 aromatic heterocycles. The number of halogens is 3. The van der Waals surface area contributed by atoms with Crippen molar-refractivity contribution in [2.75, 3.05) is 19.8 Å². The third-order valence-corrected chi connectivity index (χ3v) is 4.28. The van der Waals surface area contributed by atoms with Gasteiger partial charge in [0.1, 0.15) is 0 Å². The highest BCUT2D eigenvalue weighted by Crippen LogP contribution is 2.37. The molecule has 2 rings (SSSR count). The highest BCUT2D eigenvalue weighted by molar-refractivity contribution is 4.87. The van der Waals surface area contributed by atoms with Crippen molar-refractivity contribution in [1.82, 2.24) is 5.32 Å². The molecule has 2 aliphatic rings. The van der Waals surface area contributed by atoms with Crippen LogP contribution in [-0.2, 0) is 4.74 Å². The second-order valence-corrected chi connectivity index (χ2v) is 5.82. The zero-order valence-corrected chi connectivity index (χ0v) is 11.0. The second kappa shape index (κ2) is 5.97. The van der Waals surface area contributed by atoms with Crippen LogP contribution in [0, 0.1) is 5.92 Å². The molecule has 0 spiro atoms. The van der Waals surface area contributed by atoms with Gasteiger partial charge in [-0.3, -0.25) is 0 Å². The van der Waals surface area contributed by atoms with Crippen LogP contribution in [0.2, 0.25) is 0 Å². The van der Waals surface area contributed by atoms with Crippen LogP contribution in [0.25, 0.3) is 0 Å². The lowest BCUT2D eigenvalue weighted by atomic mass is 9.84. The van der Waals surface area contributed by atoms with Gasteiger partial charge in [0.05, 0.1) is 11.5 Å². The fourth-order valence-corrected chi connectivity index (χ4v) is 2.93. The van der Waals surface area contributed by atoms with E-state index in [4.69, 9.17) is 4.74 Å². The summed E-state index contributed by atoms with van der Waals surface area (Å²) < 4.78 is 43.3. The van der Waals surface area contributed by atoms with E-state index in [0.717, 1.165) is 6.42 Å². The largest absolute Gasteiger partial charge is 0.391 e. The fraction of sp³-hybridized carbons (Fsp3) is 1.00. The molecule has 112 valence electrons. The normalized spacial score (nSPS) is 32.2. The quantitative estimate of drug-likeness (QED) is 0.833. The van der Waals surface area contributed by atoms with Gasteiger partial charge in [0.15, 0.2) is 0 Å². The minimum atomic E-state index is -4.09. The molecule has 0 amide bonds. The molecule has 2 fully saturated rings. The van der Waals surface area contributed by atoms with Crippen LogP contribution >= 0.6 is 0 Å². The summed E-state index contributed by atoms with van der Waals surface area (Å²) in [5.74, 6) is -1.19. The third-order valence-electron chi connectivity index (χ3n) is 4.28. The van der Waals surface area contributed by atoms with Crippen molar-refractivity contribution in [3.63, 3.8) is 0 Å². The average molecular weight is 281 g/mol. The van der Waals surface area contributed by atoms with Gasteiger partial charge in [0, 0.05) is 38.6 Å². The molecule has 0 aromatic carbocycles. The Kier molecular flexibility index (Phi) is 4.74. The van der Waals surface area contributed by atoms with Crippen molar-refractivity contribution in [2.45, 2.75) is 56.3 Å². The van der Waals surface area contributed by atoms with Gasteiger partial charge in [-0.05, 0) is 19.3 Å². The van der Waals surface area contributed by atoms with Crippen molar-refractivity contribution in [3.8, 4) is 0 Å². The molecule has 1 aliphatic carbocycles. The monoisotopic (exact) mass is 281 g/mol. The molecule has 0 aromatic rings. The highest BCUT2D eigenvalue weighted by Gasteiger charge is 2.42. The van der Waals surface area contributed by atoms with E-state index in [1.807, 2.05) is 0 Å². The Bertz CT molecular complexity index is 290. The Labute approximate surface area is 111 Å². The number of rotatable bonds is 3. The predicted molar refractivity (Wildman–Crippen MR) is 64.8 cm³/mol. The average Bonchev–Trinajstić information content (AvgIpc) is 2.37. The van der Waals surface area contributed by atoms with E-state index < -0.39 is 17.7 Å². The summed E-state index contributed by atoms with van der Waals surface area (Å²) in [5.41, 5.74) is -0.816. The van der Waals surface area contributed by atoms with E-state index in [1.54, 1.807) is 0 Å². The number of alkyl halides is 3. The summed E-state index contributed by atoms with van der Waals surface area (Å²) in [5, 5.41) is 13.4. The maximum Gasteiger partial charge on any atom is 0.391 e. The first-order valence-corrected chi connectivity index (χ1v) is 6.99. The molecular formula is C13H22F3NO2. The van der Waals surface area contributed by atoms with Crippen LogP contribution in [0.3, 0.4) is 0 Å². The number of hydrogen-bond donors (Lipinski definition) is 2. The molecule has 0 radical (unpaired) electrons. The van der Waals surface area contributed by atoms with Crippen LogP contribution in [0.1, 0.15) is 38.5 Å². The summed E-state index contributed by atoms with van der Waals surface area (Å²) in [4.78, 5) is 0. The molecular weight excluding hydrogens is 259 g/mol. The summed E-state index contributed by atoms with van der Waals surface area (Å²) >= 11 is 0. The Morgan fingerprint density at radius 2 is 1.89 bits per heavy atom. The topological polar surface area (TPSA) is 41.5 Å². The standard InChI is InChI=1S/C13H22F3NO2/c14-13(15,16)10-2-1-3-11(8-10)17-9-12(18)4-6-19-7-5-12/h10-11,17-18H,1-9H2. The van der Waals surface area contributed by atoms with Crippen molar-refractivity contribution < 1.29 is 23.0 Å². The van der Waals surface area contributed by atoms with Gasteiger partial charge in [0.25, 0.3) is 0 Å². The number of ether oxygens (including phenoxy) is 1. The van der Waals surface area contributed by atoms with E-state index in [1.165, 1.54) is 0 Å². The molecule has 2 N–H and O–H groups in total. The lowest BCUT2D eigenvalue weighted by Crippen LogP contribution is -2.49. The lowest BCUT2D eigenvalue weighted by Gasteiger charge is -2.36. The Balaban J connectivity index is 1.79. The summed E-state index contributed by atoms with van der Waals surface area (Å²) in [6.45, 7) is 1.41. The highest BCUT2D eigenvalue weighted by atomic mass is 19.4. The van der Waals surface area contributed by atoms with E-state index in [9.17, 15) is 18.3 Å². The van der Waals surface area contributed by atoms with Crippen LogP contribution in [0.5, 0.6) is 0 Å². The van der Waals surface area contributed by atoms with Gasteiger partial charge in [0.2, 0.25) is 0 Å². The first-order chi connectivity index (χ1) is 8.89. The third kappa shape index (κ3) is 4.33. The molecule has 6 heteroatoms. The van der Waals surface area contributed by atoms with E-state index in [2.05, 4.69) is 5.32 Å². The molecule has 19 heavy (non-hydrogen) atoms. The Hall–Kier alpha value is -0.330. The second-order valence-electron chi connectivity index (χ2n) is 5.82. The number of nitrogens with one attached hydrogen (secondary N) is 1.